The maximum atomic E-state index is 13.7. The average Bonchev–Trinajstić information content (AvgIpc) is 1.54. The lowest BCUT2D eigenvalue weighted by Crippen LogP contribution is -2.56. The van der Waals surface area contributed by atoms with Crippen molar-refractivity contribution in [3.05, 3.63) is 117 Å². The molecule has 4 atom stereocenters. The monoisotopic (exact) mass is 1900 g/mol. The molecule has 9 N–H and O–H groups in total. The number of thiocarbonyl (C=S) groups is 1. The van der Waals surface area contributed by atoms with Crippen molar-refractivity contribution >= 4 is 74.9 Å². The number of carbonyl (C=O) groups excluding carboxylic acids is 6. The molecule has 0 aromatic heterocycles. The molecule has 8 spiro atoms. The molecule has 28 heteroatoms. The Kier molecular flexibility index (Phi) is 33.1. The number of carbonyl (C=O) groups is 6. The Balaban J connectivity index is 0.000000149. The number of likely N-dealkylation sites (N-methyl/N-ethyl adjacent to an activating group) is 4. The number of rotatable bonds is 14. The second-order valence-corrected chi connectivity index (χ2v) is 42.0. The molecule has 4 heterocycles. The number of alkyl halides is 1. The van der Waals surface area contributed by atoms with Gasteiger partial charge in [-0.05, 0) is 337 Å². The van der Waals surface area contributed by atoms with Gasteiger partial charge in [-0.15, -0.1) is 0 Å². The molecule has 16 aliphatic rings. The molecule has 26 nitrogen and oxygen atoms in total. The fourth-order valence-electron chi connectivity index (χ4n) is 25.4. The fourth-order valence-corrected chi connectivity index (χ4v) is 26.3. The molecule has 8 saturated carbocycles. The number of benzene rings is 4. The topological polar surface area (TPSA) is 330 Å². The predicted octanol–water partition coefficient (Wildman–Crippen LogP) is 17.7. The number of ether oxygens (including phenoxy) is 7. The second-order valence-electron chi connectivity index (χ2n) is 40.9. The second kappa shape index (κ2) is 42.4. The molecule has 12 aliphatic carbocycles. The summed E-state index contributed by atoms with van der Waals surface area (Å²) in [6.07, 6.45) is 39.9. The van der Waals surface area contributed by atoms with Gasteiger partial charge in [-0.3, -0.25) is 44.0 Å². The Morgan fingerprint density at radius 1 is 0.427 bits per heavy atom. The average molecular weight is 1900 g/mol. The van der Waals surface area contributed by atoms with E-state index in [-0.39, 0.29) is 102 Å². The van der Waals surface area contributed by atoms with Crippen LogP contribution < -0.4 is 41.6 Å². The summed E-state index contributed by atoms with van der Waals surface area (Å²) < 4.78 is 40.9. The summed E-state index contributed by atoms with van der Waals surface area (Å²) in [5, 5.41) is 29.3. The van der Waals surface area contributed by atoms with Crippen molar-refractivity contribution in [3.63, 3.8) is 0 Å². The van der Waals surface area contributed by atoms with Gasteiger partial charge in [0.05, 0.1) is 49.8 Å². The Morgan fingerprint density at radius 3 is 1.00 bits per heavy atom. The fraction of sp³-hybridized carbons (Fsp3) is 0.689. The van der Waals surface area contributed by atoms with E-state index in [0.29, 0.717) is 28.8 Å². The van der Waals surface area contributed by atoms with Crippen molar-refractivity contribution < 1.29 is 77.2 Å². The van der Waals surface area contributed by atoms with Gasteiger partial charge in [-0.25, -0.2) is 19.5 Å². The van der Waals surface area contributed by atoms with Crippen LogP contribution in [-0.4, -0.2) is 196 Å². The molecule has 11 fully saturated rings. The summed E-state index contributed by atoms with van der Waals surface area (Å²) in [6.45, 7) is 7.57. The summed E-state index contributed by atoms with van der Waals surface area (Å²) in [4.78, 5) is 93.5. The van der Waals surface area contributed by atoms with Gasteiger partial charge in [0, 0.05) is 83.6 Å². The van der Waals surface area contributed by atoms with E-state index < -0.39 is 27.8 Å². The quantitative estimate of drug-likeness (QED) is 0.0203. The van der Waals surface area contributed by atoms with Crippen LogP contribution in [0.3, 0.4) is 0 Å². The highest BCUT2D eigenvalue weighted by molar-refractivity contribution is 9.09. The minimum absolute atomic E-state index is 0. The first kappa shape index (κ1) is 102. The van der Waals surface area contributed by atoms with Crippen molar-refractivity contribution in [2.75, 3.05) is 88.8 Å². The van der Waals surface area contributed by atoms with Gasteiger partial charge in [-0.2, -0.15) is 0 Å². The minimum Gasteiger partial charge on any atom is -0.508 e. The van der Waals surface area contributed by atoms with Crippen LogP contribution in [0.4, 0.5) is 9.59 Å². The molecule has 0 bridgehead atoms. The number of imide groups is 2. The molecule has 4 aromatic rings. The van der Waals surface area contributed by atoms with Crippen molar-refractivity contribution in [2.24, 2.45) is 61.8 Å². The third kappa shape index (κ3) is 19.2. The maximum Gasteiger partial charge on any atom is 0.325 e. The van der Waals surface area contributed by atoms with Gasteiger partial charge in [0.2, 0.25) is 0 Å². The predicted molar refractivity (Wildman–Crippen MR) is 516 cm³/mol. The number of aliphatic imine (C=N–C) groups is 1. The van der Waals surface area contributed by atoms with E-state index in [1.54, 1.807) is 87.4 Å². The number of amides is 8. The number of hydrogen-bond donors (Lipinski definition) is 7. The minimum atomic E-state index is -1.06. The van der Waals surface area contributed by atoms with E-state index in [9.17, 15) is 33.9 Å². The first-order chi connectivity index (χ1) is 61.9. The Labute approximate surface area is 792 Å². The molecule has 20 rings (SSSR count). The number of phenolic OH excluding ortho intramolecular Hbond substituents is 1. The molecule has 4 unspecified atom stereocenters. The van der Waals surface area contributed by atoms with Gasteiger partial charge in [0.25, 0.3) is 23.6 Å². The summed E-state index contributed by atoms with van der Waals surface area (Å²) in [7, 11) is 15.2. The van der Waals surface area contributed by atoms with E-state index in [1.165, 1.54) is 148 Å². The van der Waals surface area contributed by atoms with Gasteiger partial charge in [0.15, 0.2) is 33.2 Å². The van der Waals surface area contributed by atoms with Crippen LogP contribution in [0.1, 0.15) is 286 Å². The first-order valence-corrected chi connectivity index (χ1v) is 49.6. The van der Waals surface area contributed by atoms with Gasteiger partial charge in [0.1, 0.15) is 23.0 Å². The molecular formula is C103H153BrN10O16S. The van der Waals surface area contributed by atoms with Crippen LogP contribution in [0, 0.1) is 45.3 Å². The maximum absolute atomic E-state index is 13.7. The summed E-state index contributed by atoms with van der Waals surface area (Å²) in [5.74, 6) is 5.65. The molecule has 4 aliphatic heterocycles. The number of phenols is 1. The number of halogens is 1. The number of methoxy groups -OCH3 is 4. The molecule has 131 heavy (non-hydrogen) atoms. The Morgan fingerprint density at radius 2 is 0.718 bits per heavy atom. The zero-order valence-electron chi connectivity index (χ0n) is 78.6. The van der Waals surface area contributed by atoms with E-state index >= 15 is 0 Å². The SMILES string of the molecule is BrCC1CCCC1.C.C.CC(C)(C)OO.CN.COC1CCC2(CC1)Cc1ccc(O)cc1C21NC(=O)N(C)C1=O.COC1CCC2(CC1)Cc1ccc(OCC3CCCC3)cc1C21N=C(N)N(C)C1=O.COC1CCC2(CC1)Cc1ccc(OCC3CCCC3)cc1C21NC(=O)N(C)C1=O.COC1CCC2(CC1)Cc1ccc(OCC3CCCC3)cc1C21NC(=S)N(C)C1=O. The van der Waals surface area contributed by atoms with Crippen LogP contribution in [0.15, 0.2) is 77.8 Å². The Bertz CT molecular complexity index is 4560. The van der Waals surface area contributed by atoms with Crippen molar-refractivity contribution in [1.82, 2.24) is 35.6 Å². The van der Waals surface area contributed by atoms with Crippen molar-refractivity contribution in [3.8, 4) is 23.0 Å². The number of nitrogens with two attached hydrogens (primary N) is 2. The van der Waals surface area contributed by atoms with Crippen LogP contribution in [-0.2, 0) is 90.9 Å². The first-order valence-electron chi connectivity index (χ1n) is 48.0. The highest BCUT2D eigenvalue weighted by atomic mass is 79.9. The van der Waals surface area contributed by atoms with Crippen molar-refractivity contribution in [2.45, 2.75) is 319 Å². The normalized spacial score (nSPS) is 31.3. The lowest BCUT2D eigenvalue weighted by atomic mass is 9.61. The van der Waals surface area contributed by atoms with Crippen LogP contribution in [0.5, 0.6) is 23.0 Å². The number of nitrogens with one attached hydrogen (secondary N) is 3. The van der Waals surface area contributed by atoms with E-state index in [2.05, 4.69) is 85.0 Å². The van der Waals surface area contributed by atoms with Gasteiger partial charge < -0.3 is 65.7 Å². The highest BCUT2D eigenvalue weighted by Crippen LogP contribution is 2.66. The molecule has 4 aromatic carbocycles. The van der Waals surface area contributed by atoms with Crippen LogP contribution >= 0.6 is 28.1 Å². The Hall–Kier alpha value is -7.54. The summed E-state index contributed by atoms with van der Waals surface area (Å²) >= 11 is 9.03. The van der Waals surface area contributed by atoms with Crippen molar-refractivity contribution in [1.29, 1.82) is 0 Å². The number of aromatic hydroxyl groups is 1. The molecule has 3 saturated heterocycles. The molecular weight excluding hydrogens is 1750 g/mol. The van der Waals surface area contributed by atoms with E-state index in [4.69, 9.17) is 61.4 Å². The van der Waals surface area contributed by atoms with Crippen LogP contribution in [0.2, 0.25) is 0 Å². The number of guanidine groups is 1. The third-order valence-electron chi connectivity index (χ3n) is 32.9. The molecule has 724 valence electrons. The van der Waals surface area contributed by atoms with E-state index in [1.807, 2.05) is 18.2 Å². The van der Waals surface area contributed by atoms with Gasteiger partial charge in [-0.1, -0.05) is 106 Å². The van der Waals surface area contributed by atoms with Crippen LogP contribution in [0.25, 0.3) is 0 Å². The number of hydrogen-bond acceptors (Lipinski definition) is 20. The third-order valence-corrected chi connectivity index (χ3v) is 34.2. The number of fused-ring (bicyclic) bond motifs is 12. The highest BCUT2D eigenvalue weighted by Gasteiger charge is 2.72. The standard InChI is InChI=1S/C24H33N3O3.C24H32N2O4.C24H32N2O3S.C18H22N2O4.C6H11Br.C4H10O2.CH5N.2CH4/c1-27-21(28)24(26-22(27)25)20-13-19(30-15-16-5-3-4-6-16)8-7-17(20)14-23(24)11-9-18(29-2)10-12-23;1-26-21(27)24(25-22(26)28)20-13-19(30-15-16-5-3-4-6-16)8-7-17(20)14-23(24)11-9-18(29-2)10-12-23;1-26-21(27)24(25-22(26)30)20-13-19(29-15-16-5-3-4-6-16)8-7-17(20)14-23(24)11-9-18(28-2)10-12-23;1-20-15(22)18(19-16(20)23)14-9-12(21)4-3-11(14)10-17(18)7-5-13(24-2)6-8-17;7-5-6-3-1-2-4-6;1-4(2,3)6-5;1-2;;/h7-8,13,16,18H,3-6,9-12,14-15H2,1-2H3,(H2,25,26);7-8,13,16,18H,3-6,9-12,14-15H2,1-2H3,(H,25,28);7-8,13,16,18H,3-6,9-12,14-15H2,1-2H3,(H,25,30);3-4,9,13,21H,5-8,10H2,1-2H3,(H,19,23);6H,1-5H2;5H,1-3H3;2H2,1H3;2*1H4. The molecule has 8 amide bonds. The zero-order chi connectivity index (χ0) is 92.2. The largest absolute Gasteiger partial charge is 0.508 e. The zero-order valence-corrected chi connectivity index (χ0v) is 81.0. The number of nitrogens with zero attached hydrogens (tertiary/aromatic N) is 5. The lowest BCUT2D eigenvalue weighted by molar-refractivity contribution is -0.306. The molecule has 0 radical (unpaired) electrons. The summed E-state index contributed by atoms with van der Waals surface area (Å²) in [6, 6.07) is 23.3. The lowest BCUT2D eigenvalue weighted by Gasteiger charge is -2.46. The smallest absolute Gasteiger partial charge is 0.325 e. The summed E-state index contributed by atoms with van der Waals surface area (Å²) in [5.41, 5.74) is 13.9. The van der Waals surface area contributed by atoms with E-state index in [0.717, 1.165) is 205 Å². The number of urea groups is 2. The van der Waals surface area contributed by atoms with Gasteiger partial charge >= 0.3 is 12.1 Å².